The van der Waals surface area contributed by atoms with Crippen molar-refractivity contribution in [1.82, 2.24) is 25.0 Å². The zero-order chi connectivity index (χ0) is 22.8. The molecule has 1 aromatic heterocycles. The molecule has 8 heteroatoms. The number of ether oxygens (including phenoxy) is 1. The minimum atomic E-state index is -0.233. The summed E-state index contributed by atoms with van der Waals surface area (Å²) in [5.74, 6) is 2.38. The van der Waals surface area contributed by atoms with Crippen LogP contribution >= 0.6 is 0 Å². The molecular formula is C24H31FN6O. The number of rotatable bonds is 10. The van der Waals surface area contributed by atoms with E-state index in [0.29, 0.717) is 19.6 Å². The summed E-state index contributed by atoms with van der Waals surface area (Å²) in [7, 11) is 3.65. The molecule has 0 spiro atoms. The smallest absolute Gasteiger partial charge is 0.194 e. The Morgan fingerprint density at radius 2 is 1.84 bits per heavy atom. The zero-order valence-electron chi connectivity index (χ0n) is 19.0. The first kappa shape index (κ1) is 23.2. The number of aromatic nitrogens is 3. The number of nitrogens with one attached hydrogen (secondary N) is 1. The fourth-order valence-electron chi connectivity index (χ4n) is 3.36. The number of hydrogen-bond acceptors (Lipinski definition) is 4. The molecule has 1 N–H and O–H groups in total. The molecule has 3 aromatic rings. The van der Waals surface area contributed by atoms with Gasteiger partial charge in [-0.3, -0.25) is 4.99 Å². The van der Waals surface area contributed by atoms with Gasteiger partial charge in [0, 0.05) is 39.6 Å². The molecule has 0 aliphatic heterocycles. The lowest BCUT2D eigenvalue weighted by Gasteiger charge is -2.23. The molecule has 0 saturated heterocycles. The number of nitrogens with zero attached hydrogens (tertiary/aromatic N) is 5. The third-order valence-corrected chi connectivity index (χ3v) is 5.16. The predicted octanol–water partition coefficient (Wildman–Crippen LogP) is 3.31. The number of methoxy groups -OCH3 is 1. The third-order valence-electron chi connectivity index (χ3n) is 5.16. The molecule has 0 fully saturated rings. The SMILES string of the molecule is CCc1nncn1CCNC(=NCCc1ccc(OC)cc1)N(C)Cc1ccc(F)cc1. The molecule has 0 radical (unpaired) electrons. The van der Waals surface area contributed by atoms with E-state index in [2.05, 4.69) is 34.6 Å². The van der Waals surface area contributed by atoms with Gasteiger partial charge in [-0.1, -0.05) is 31.2 Å². The van der Waals surface area contributed by atoms with Gasteiger partial charge in [-0.05, 0) is 41.8 Å². The highest BCUT2D eigenvalue weighted by molar-refractivity contribution is 5.79. The first-order valence-electron chi connectivity index (χ1n) is 10.8. The topological polar surface area (TPSA) is 67.6 Å². The average molecular weight is 439 g/mol. The van der Waals surface area contributed by atoms with E-state index in [-0.39, 0.29) is 5.82 Å². The molecule has 0 unspecified atom stereocenters. The van der Waals surface area contributed by atoms with Gasteiger partial charge in [0.2, 0.25) is 0 Å². The summed E-state index contributed by atoms with van der Waals surface area (Å²) in [6, 6.07) is 14.6. The van der Waals surface area contributed by atoms with Crippen molar-refractivity contribution in [3.05, 3.63) is 77.6 Å². The van der Waals surface area contributed by atoms with Gasteiger partial charge in [-0.25, -0.2) is 4.39 Å². The third kappa shape index (κ3) is 6.80. The normalized spacial score (nSPS) is 11.4. The molecule has 3 rings (SSSR count). The molecule has 0 bridgehead atoms. The van der Waals surface area contributed by atoms with E-state index >= 15 is 0 Å². The van der Waals surface area contributed by atoms with Gasteiger partial charge in [0.25, 0.3) is 0 Å². The van der Waals surface area contributed by atoms with E-state index in [0.717, 1.165) is 42.5 Å². The number of hydrogen-bond donors (Lipinski definition) is 1. The molecule has 170 valence electrons. The van der Waals surface area contributed by atoms with Crippen molar-refractivity contribution in [1.29, 1.82) is 0 Å². The minimum absolute atomic E-state index is 0.233. The highest BCUT2D eigenvalue weighted by Gasteiger charge is 2.09. The summed E-state index contributed by atoms with van der Waals surface area (Å²) in [5, 5.41) is 11.6. The second-order valence-electron chi connectivity index (χ2n) is 7.51. The van der Waals surface area contributed by atoms with Crippen LogP contribution in [0.5, 0.6) is 5.75 Å². The Morgan fingerprint density at radius 3 is 2.53 bits per heavy atom. The van der Waals surface area contributed by atoms with Gasteiger partial charge in [-0.2, -0.15) is 0 Å². The monoisotopic (exact) mass is 438 g/mol. The molecule has 2 aromatic carbocycles. The molecule has 0 aliphatic rings. The Bertz CT molecular complexity index is 984. The van der Waals surface area contributed by atoms with Crippen LogP contribution in [0.25, 0.3) is 0 Å². The van der Waals surface area contributed by atoms with Crippen molar-refractivity contribution in [2.24, 2.45) is 4.99 Å². The lowest BCUT2D eigenvalue weighted by Crippen LogP contribution is -2.40. The van der Waals surface area contributed by atoms with E-state index in [1.807, 2.05) is 28.6 Å². The van der Waals surface area contributed by atoms with Crippen molar-refractivity contribution in [3.63, 3.8) is 0 Å². The van der Waals surface area contributed by atoms with Crippen LogP contribution in [0.1, 0.15) is 23.9 Å². The van der Waals surface area contributed by atoms with Gasteiger partial charge < -0.3 is 19.5 Å². The lowest BCUT2D eigenvalue weighted by molar-refractivity contribution is 0.414. The summed E-state index contributed by atoms with van der Waals surface area (Å²) in [6.07, 6.45) is 3.42. The Kier molecular flexibility index (Phi) is 8.60. The van der Waals surface area contributed by atoms with Crippen LogP contribution in [0.2, 0.25) is 0 Å². The van der Waals surface area contributed by atoms with Crippen molar-refractivity contribution in [3.8, 4) is 5.75 Å². The molecule has 0 aliphatic carbocycles. The first-order chi connectivity index (χ1) is 15.6. The molecule has 1 heterocycles. The summed E-state index contributed by atoms with van der Waals surface area (Å²) >= 11 is 0. The van der Waals surface area contributed by atoms with Crippen LogP contribution in [0.15, 0.2) is 59.9 Å². The van der Waals surface area contributed by atoms with Crippen molar-refractivity contribution < 1.29 is 9.13 Å². The maximum Gasteiger partial charge on any atom is 0.194 e. The Morgan fingerprint density at radius 1 is 1.12 bits per heavy atom. The maximum atomic E-state index is 13.3. The van der Waals surface area contributed by atoms with Crippen molar-refractivity contribution in [2.75, 3.05) is 27.2 Å². The summed E-state index contributed by atoms with van der Waals surface area (Å²) in [6.45, 7) is 4.78. The number of aryl methyl sites for hydroxylation is 1. The molecule has 0 amide bonds. The molecular weight excluding hydrogens is 407 g/mol. The fourth-order valence-corrected chi connectivity index (χ4v) is 3.36. The second-order valence-corrected chi connectivity index (χ2v) is 7.51. The maximum absolute atomic E-state index is 13.3. The van der Waals surface area contributed by atoms with Gasteiger partial charge >= 0.3 is 0 Å². The highest BCUT2D eigenvalue weighted by Crippen LogP contribution is 2.12. The Balaban J connectivity index is 1.63. The van der Waals surface area contributed by atoms with E-state index in [9.17, 15) is 4.39 Å². The number of halogens is 1. The number of benzene rings is 2. The van der Waals surface area contributed by atoms with Gasteiger partial charge in [0.15, 0.2) is 5.96 Å². The Hall–Kier alpha value is -3.42. The first-order valence-corrected chi connectivity index (χ1v) is 10.8. The standard InChI is InChI=1S/C24H31FN6O/c1-4-23-29-28-18-31(23)16-15-27-24(30(2)17-20-5-9-21(25)10-6-20)26-14-13-19-7-11-22(32-3)12-8-19/h5-12,18H,4,13-17H2,1-3H3,(H,26,27). The second kappa shape index (κ2) is 11.8. The van der Waals surface area contributed by atoms with Crippen LogP contribution < -0.4 is 10.1 Å². The number of aliphatic imine (C=N–C) groups is 1. The van der Waals surface area contributed by atoms with Crippen LogP contribution in [-0.2, 0) is 25.9 Å². The van der Waals surface area contributed by atoms with E-state index < -0.39 is 0 Å². The molecule has 0 atom stereocenters. The molecule has 32 heavy (non-hydrogen) atoms. The Labute approximate surface area is 189 Å². The fraction of sp³-hybridized carbons (Fsp3) is 0.375. The van der Waals surface area contributed by atoms with Crippen LogP contribution in [0.3, 0.4) is 0 Å². The van der Waals surface area contributed by atoms with E-state index in [4.69, 9.17) is 9.73 Å². The minimum Gasteiger partial charge on any atom is -0.497 e. The largest absolute Gasteiger partial charge is 0.497 e. The molecule has 0 saturated carbocycles. The predicted molar refractivity (Wildman–Crippen MR) is 124 cm³/mol. The van der Waals surface area contributed by atoms with Crippen LogP contribution in [0.4, 0.5) is 4.39 Å². The summed E-state index contributed by atoms with van der Waals surface area (Å²) < 4.78 is 20.5. The highest BCUT2D eigenvalue weighted by atomic mass is 19.1. The number of guanidine groups is 1. The van der Waals surface area contributed by atoms with Crippen LogP contribution in [-0.4, -0.2) is 52.9 Å². The van der Waals surface area contributed by atoms with E-state index in [1.165, 1.54) is 17.7 Å². The van der Waals surface area contributed by atoms with E-state index in [1.54, 1.807) is 25.6 Å². The van der Waals surface area contributed by atoms with Gasteiger partial charge in [0.05, 0.1) is 7.11 Å². The van der Waals surface area contributed by atoms with Crippen molar-refractivity contribution in [2.45, 2.75) is 32.9 Å². The van der Waals surface area contributed by atoms with Gasteiger partial charge in [-0.15, -0.1) is 10.2 Å². The summed E-state index contributed by atoms with van der Waals surface area (Å²) in [4.78, 5) is 6.87. The van der Waals surface area contributed by atoms with Crippen molar-refractivity contribution >= 4 is 5.96 Å². The molecule has 7 nitrogen and oxygen atoms in total. The summed E-state index contributed by atoms with van der Waals surface area (Å²) in [5.41, 5.74) is 2.22. The zero-order valence-corrected chi connectivity index (χ0v) is 19.0. The quantitative estimate of drug-likeness (QED) is 0.389. The van der Waals surface area contributed by atoms with Gasteiger partial charge in [0.1, 0.15) is 23.7 Å². The average Bonchev–Trinajstić information content (AvgIpc) is 3.27. The van der Waals surface area contributed by atoms with Crippen LogP contribution in [0, 0.1) is 5.82 Å². The lowest BCUT2D eigenvalue weighted by atomic mass is 10.1.